The summed E-state index contributed by atoms with van der Waals surface area (Å²) in [7, 11) is 2.07. The maximum atomic E-state index is 14.3. The van der Waals surface area contributed by atoms with Crippen molar-refractivity contribution >= 4 is 33.5 Å². The van der Waals surface area contributed by atoms with E-state index in [0.29, 0.717) is 23.1 Å². The minimum atomic E-state index is -1.69. The van der Waals surface area contributed by atoms with Crippen molar-refractivity contribution in [1.82, 2.24) is 5.32 Å². The zero-order valence-corrected chi connectivity index (χ0v) is 34.4. The molecule has 2 bridgehead atoms. The van der Waals surface area contributed by atoms with Gasteiger partial charge in [-0.25, -0.2) is 9.59 Å². The van der Waals surface area contributed by atoms with Crippen LogP contribution in [0.4, 0.5) is 4.79 Å². The first-order chi connectivity index (χ1) is 25.0. The van der Waals surface area contributed by atoms with E-state index in [1.165, 1.54) is 13.8 Å². The number of amides is 1. The largest absolute Gasteiger partial charge is 0.456 e. The number of ether oxygens (including phenoxy) is 5. The molecule has 54 heavy (non-hydrogen) atoms. The van der Waals surface area contributed by atoms with Crippen LogP contribution in [0.25, 0.3) is 0 Å². The van der Waals surface area contributed by atoms with Gasteiger partial charge in [-0.1, -0.05) is 65.0 Å². The molecule has 3 fully saturated rings. The van der Waals surface area contributed by atoms with Gasteiger partial charge in [0.1, 0.15) is 23.9 Å². The van der Waals surface area contributed by atoms with Crippen LogP contribution in [0.3, 0.4) is 0 Å². The van der Waals surface area contributed by atoms with Gasteiger partial charge in [0.2, 0.25) is 0 Å². The molecule has 1 aliphatic heterocycles. The molecule has 1 aromatic carbocycles. The predicted octanol–water partition coefficient (Wildman–Crippen LogP) is 5.12. The number of nitrogens with one attached hydrogen (secondary N) is 1. The molecule has 13 nitrogen and oxygen atoms in total. The van der Waals surface area contributed by atoms with Gasteiger partial charge >= 0.3 is 24.0 Å². The number of aliphatic hydroxyl groups is 2. The first kappa shape index (κ1) is 42.1. The molecule has 4 aliphatic rings. The van der Waals surface area contributed by atoms with Crippen molar-refractivity contribution in [3.05, 3.63) is 47.0 Å². The molecule has 1 amide bonds. The van der Waals surface area contributed by atoms with Crippen molar-refractivity contribution in [3.8, 4) is 0 Å². The van der Waals surface area contributed by atoms with Crippen LogP contribution < -0.4 is 5.32 Å². The Morgan fingerprint density at radius 3 is 2.17 bits per heavy atom. The lowest BCUT2D eigenvalue weighted by molar-refractivity contribution is -0.351. The third kappa shape index (κ3) is 6.97. The number of fused-ring (bicyclic) bond motifs is 5. The fourth-order valence-corrected chi connectivity index (χ4v) is 10.5. The maximum Gasteiger partial charge on any atom is 0.408 e. The summed E-state index contributed by atoms with van der Waals surface area (Å²) in [5, 5.41) is 28.8. The van der Waals surface area contributed by atoms with Crippen LogP contribution in [0.2, 0.25) is 0 Å². The zero-order valence-electron chi connectivity index (χ0n) is 33.3. The van der Waals surface area contributed by atoms with Crippen LogP contribution in [0, 0.1) is 28.6 Å². The van der Waals surface area contributed by atoms with Crippen molar-refractivity contribution in [1.29, 1.82) is 0 Å². The second-order valence-electron chi connectivity index (χ2n) is 17.5. The number of rotatable bonds is 8. The third-order valence-corrected chi connectivity index (χ3v) is 13.2. The summed E-state index contributed by atoms with van der Waals surface area (Å²) in [5.41, 5.74) is -4.44. The minimum Gasteiger partial charge on any atom is -0.456 e. The van der Waals surface area contributed by atoms with Crippen LogP contribution in [-0.4, -0.2) is 88.1 Å². The molecule has 1 unspecified atom stereocenters. The van der Waals surface area contributed by atoms with E-state index < -0.39 is 100 Å². The highest BCUT2D eigenvalue weighted by molar-refractivity contribution is 7.09. The number of benzene rings is 1. The quantitative estimate of drug-likeness (QED) is 0.138. The molecule has 1 aromatic rings. The van der Waals surface area contributed by atoms with Crippen molar-refractivity contribution in [3.63, 3.8) is 0 Å². The van der Waals surface area contributed by atoms with E-state index in [1.807, 2.05) is 34.6 Å². The van der Waals surface area contributed by atoms with E-state index in [4.69, 9.17) is 28.2 Å². The number of aliphatic hydroxyl groups excluding tert-OH is 1. The lowest BCUT2D eigenvalue weighted by atomic mass is 9.41. The fourth-order valence-electron chi connectivity index (χ4n) is 10.2. The molecule has 2 saturated carbocycles. The van der Waals surface area contributed by atoms with Gasteiger partial charge in [0, 0.05) is 46.5 Å². The van der Waals surface area contributed by atoms with Gasteiger partial charge in [0.25, 0.3) is 0 Å². The summed E-state index contributed by atoms with van der Waals surface area (Å²) in [5.74, 6) is -3.62. The first-order valence-corrected chi connectivity index (χ1v) is 19.1. The highest BCUT2D eigenvalue weighted by Crippen LogP contribution is 2.67. The lowest BCUT2D eigenvalue weighted by Crippen LogP contribution is -2.79. The highest BCUT2D eigenvalue weighted by Gasteiger charge is 2.75. The van der Waals surface area contributed by atoms with E-state index in [0.717, 1.165) is 0 Å². The van der Waals surface area contributed by atoms with Crippen molar-refractivity contribution in [2.24, 2.45) is 28.6 Å². The van der Waals surface area contributed by atoms with E-state index >= 15 is 0 Å². The molecule has 0 radical (unpaired) electrons. The SMILES string of the molecule is CC(=O)O[C@@H]1C2=C(C)[C@@H](OC(=O)[C@H](OP)[C@@H](NC(=O)OC(C)(C)C)c3ccccc3)C[C@@](O)([C@@H](C)[C@@H]3[C@]4(OC(C)=O)CO[C@@H]4C[C@H](C)[C@@]3(C)[C@H]1O)C2(C)C. The number of alkyl carbamates (subject to hydrolysis) is 1. The van der Waals surface area contributed by atoms with Crippen LogP contribution in [-0.2, 0) is 42.6 Å². The number of carbonyl (C=O) groups is 4. The Labute approximate surface area is 320 Å². The molecular weight excluding hydrogens is 717 g/mol. The van der Waals surface area contributed by atoms with Crippen molar-refractivity contribution in [2.45, 2.75) is 142 Å². The zero-order chi connectivity index (χ0) is 40.3. The van der Waals surface area contributed by atoms with E-state index in [-0.39, 0.29) is 18.9 Å². The lowest BCUT2D eigenvalue weighted by Gasteiger charge is -2.70. The summed E-state index contributed by atoms with van der Waals surface area (Å²) in [6, 6.07) is 7.72. The van der Waals surface area contributed by atoms with Crippen molar-refractivity contribution in [2.75, 3.05) is 6.61 Å². The Kier molecular flexibility index (Phi) is 11.5. The smallest absolute Gasteiger partial charge is 0.408 e. The molecule has 0 spiro atoms. The van der Waals surface area contributed by atoms with Gasteiger partial charge in [-0.3, -0.25) is 9.59 Å². The molecule has 0 aromatic heterocycles. The number of hydrogen-bond acceptors (Lipinski definition) is 12. The maximum absolute atomic E-state index is 14.3. The van der Waals surface area contributed by atoms with Crippen LogP contribution in [0.5, 0.6) is 0 Å². The molecule has 13 atom stereocenters. The summed E-state index contributed by atoms with van der Waals surface area (Å²) in [6.07, 6.45) is -5.97. The van der Waals surface area contributed by atoms with Gasteiger partial charge in [0.15, 0.2) is 17.8 Å². The summed E-state index contributed by atoms with van der Waals surface area (Å²) >= 11 is 0. The third-order valence-electron chi connectivity index (χ3n) is 12.9. The van der Waals surface area contributed by atoms with E-state index in [1.54, 1.807) is 58.0 Å². The van der Waals surface area contributed by atoms with E-state index in [2.05, 4.69) is 14.8 Å². The predicted molar refractivity (Wildman–Crippen MR) is 199 cm³/mol. The summed E-state index contributed by atoms with van der Waals surface area (Å²) in [4.78, 5) is 53.0. The van der Waals surface area contributed by atoms with E-state index in [9.17, 15) is 29.4 Å². The Morgan fingerprint density at radius 2 is 1.65 bits per heavy atom. The molecule has 1 heterocycles. The molecule has 5 rings (SSSR count). The minimum absolute atomic E-state index is 0.0644. The number of esters is 3. The normalized spacial score (nSPS) is 36.7. The van der Waals surface area contributed by atoms with Gasteiger partial charge < -0.3 is 43.7 Å². The number of hydrogen-bond donors (Lipinski definition) is 3. The van der Waals surface area contributed by atoms with Crippen LogP contribution in [0.1, 0.15) is 101 Å². The topological polar surface area (TPSA) is 176 Å². The molecule has 1 saturated heterocycles. The average Bonchev–Trinajstić information content (AvgIpc) is 3.05. The fraction of sp³-hybridized carbons (Fsp3) is 0.700. The van der Waals surface area contributed by atoms with Crippen molar-refractivity contribution < 1.29 is 57.6 Å². The van der Waals surface area contributed by atoms with Gasteiger partial charge in [-0.2, -0.15) is 0 Å². The molecule has 14 heteroatoms. The second kappa shape index (κ2) is 14.8. The standard InChI is InChI=1S/C40H58NO12P/c1-20-17-27-39(19-48-27,51-24(5)43)32-22(3)40(47)18-26(21(2)28(37(40,9)10)30(49-23(4)42)33(44)38(20,32)11)50-34(45)31(53-54)29(25-15-13-12-14-16-25)41-35(46)52-36(6,7)8/h12-16,20,22,26-27,29-33,44,47H,17-19,54H2,1-11H3,(H,41,46)/t20-,22-,26-,27+,29-,30+,31+,32-,33-,38+,39-,40+/m0/s1. The monoisotopic (exact) mass is 775 g/mol. The molecular formula is C40H58NO12P. The number of carbonyl (C=O) groups excluding carboxylic acids is 4. The van der Waals surface area contributed by atoms with Crippen LogP contribution in [0.15, 0.2) is 41.5 Å². The van der Waals surface area contributed by atoms with Gasteiger partial charge in [-0.05, 0) is 62.7 Å². The second-order valence-corrected chi connectivity index (χ2v) is 17.7. The first-order valence-electron chi connectivity index (χ1n) is 18.7. The van der Waals surface area contributed by atoms with Gasteiger partial charge in [-0.15, -0.1) is 0 Å². The molecule has 3 N–H and O–H groups in total. The Hall–Kier alpha value is -3.09. The highest BCUT2D eigenvalue weighted by atomic mass is 31.0. The Balaban J connectivity index is 1.64. The average molecular weight is 776 g/mol. The molecule has 3 aliphatic carbocycles. The summed E-state index contributed by atoms with van der Waals surface area (Å²) < 4.78 is 35.7. The van der Waals surface area contributed by atoms with Gasteiger partial charge in [0.05, 0.1) is 18.2 Å². The molecule has 300 valence electrons. The Bertz CT molecular complexity index is 1660. The van der Waals surface area contributed by atoms with Crippen LogP contribution >= 0.6 is 9.47 Å². The summed E-state index contributed by atoms with van der Waals surface area (Å²) in [6.45, 7) is 19.0. The Morgan fingerprint density at radius 1 is 1.02 bits per heavy atom.